The van der Waals surface area contributed by atoms with Crippen LogP contribution < -0.4 is 10.6 Å². The molecule has 2 N–H and O–H groups in total. The molecule has 0 unspecified atom stereocenters. The van der Waals surface area contributed by atoms with E-state index in [2.05, 4.69) is 20.8 Å². The third-order valence-electron chi connectivity index (χ3n) is 5.31. The van der Waals surface area contributed by atoms with E-state index >= 15 is 0 Å². The fourth-order valence-corrected chi connectivity index (χ4v) is 4.07. The maximum Gasteiger partial charge on any atom is 0.337 e. The zero-order chi connectivity index (χ0) is 25.5. The fraction of sp³-hybridized carbons (Fsp3) is 0.320. The number of nitrogens with zero attached hydrogens (tertiary/aromatic N) is 3. The summed E-state index contributed by atoms with van der Waals surface area (Å²) in [6.07, 6.45) is 0. The number of aryl methyl sites for hydroxylation is 1. The molecule has 0 aliphatic carbocycles. The normalized spacial score (nSPS) is 11.7. The van der Waals surface area contributed by atoms with Gasteiger partial charge in [-0.25, -0.2) is 4.79 Å². The van der Waals surface area contributed by atoms with Gasteiger partial charge in [0.05, 0.1) is 24.5 Å². The summed E-state index contributed by atoms with van der Waals surface area (Å²) in [6, 6.07) is 13.5. The average molecular weight is 496 g/mol. The summed E-state index contributed by atoms with van der Waals surface area (Å²) in [5.41, 5.74) is 2.50. The second-order valence-corrected chi connectivity index (χ2v) is 9.31. The number of aromatic nitrogens is 3. The van der Waals surface area contributed by atoms with E-state index < -0.39 is 5.97 Å². The molecule has 0 fully saturated rings. The number of benzene rings is 2. The van der Waals surface area contributed by atoms with Crippen molar-refractivity contribution in [3.63, 3.8) is 0 Å². The van der Waals surface area contributed by atoms with E-state index in [1.54, 1.807) is 41.0 Å². The van der Waals surface area contributed by atoms with Crippen LogP contribution >= 0.6 is 11.8 Å². The number of amides is 2. The molecule has 1 heterocycles. The molecule has 184 valence electrons. The standard InChI is InChI=1S/C25H29N5O4S/c1-15(2)21(27-23(32)17-11-9-16(3)10-12-17)22-28-29-25(30(22)4)35-14-20(31)26-19-8-6-7-18(13-19)24(33)34-5/h6-13,15,21H,14H2,1-5H3,(H,26,31)(H,27,32)/t21-/m1/s1. The van der Waals surface area contributed by atoms with E-state index in [0.717, 1.165) is 5.56 Å². The molecule has 1 atom stereocenters. The molecule has 35 heavy (non-hydrogen) atoms. The predicted octanol–water partition coefficient (Wildman–Crippen LogP) is 3.77. The van der Waals surface area contributed by atoms with Crippen molar-refractivity contribution in [2.45, 2.75) is 32.0 Å². The summed E-state index contributed by atoms with van der Waals surface area (Å²) in [4.78, 5) is 36.9. The van der Waals surface area contributed by atoms with Crippen molar-refractivity contribution >= 4 is 35.2 Å². The molecule has 3 aromatic rings. The number of nitrogens with one attached hydrogen (secondary N) is 2. The lowest BCUT2D eigenvalue weighted by Gasteiger charge is -2.21. The number of esters is 1. The number of anilines is 1. The lowest BCUT2D eigenvalue weighted by molar-refractivity contribution is -0.113. The Bertz CT molecular complexity index is 1210. The minimum Gasteiger partial charge on any atom is -0.465 e. The molecule has 1 aromatic heterocycles. The van der Waals surface area contributed by atoms with Gasteiger partial charge in [0.25, 0.3) is 5.91 Å². The number of rotatable bonds is 9. The van der Waals surface area contributed by atoms with Crippen LogP contribution in [-0.4, -0.2) is 45.4 Å². The van der Waals surface area contributed by atoms with Crippen LogP contribution in [0, 0.1) is 12.8 Å². The number of thioether (sulfide) groups is 1. The third-order valence-corrected chi connectivity index (χ3v) is 6.33. The molecular weight excluding hydrogens is 466 g/mol. The zero-order valence-corrected chi connectivity index (χ0v) is 21.2. The van der Waals surface area contributed by atoms with Crippen molar-refractivity contribution in [1.82, 2.24) is 20.1 Å². The van der Waals surface area contributed by atoms with Crippen molar-refractivity contribution in [2.75, 3.05) is 18.2 Å². The van der Waals surface area contributed by atoms with Gasteiger partial charge in [-0.3, -0.25) is 9.59 Å². The van der Waals surface area contributed by atoms with Crippen LogP contribution in [0.5, 0.6) is 0 Å². The van der Waals surface area contributed by atoms with Crippen molar-refractivity contribution in [1.29, 1.82) is 0 Å². The number of methoxy groups -OCH3 is 1. The molecule has 0 bridgehead atoms. The van der Waals surface area contributed by atoms with Gasteiger partial charge < -0.3 is 19.9 Å². The van der Waals surface area contributed by atoms with Gasteiger partial charge in [-0.15, -0.1) is 10.2 Å². The van der Waals surface area contributed by atoms with Crippen LogP contribution in [0.25, 0.3) is 0 Å². The van der Waals surface area contributed by atoms with Crippen molar-refractivity contribution < 1.29 is 19.1 Å². The molecule has 2 aromatic carbocycles. The first-order valence-electron chi connectivity index (χ1n) is 11.1. The van der Waals surface area contributed by atoms with Crippen LogP contribution in [0.15, 0.2) is 53.7 Å². The monoisotopic (exact) mass is 495 g/mol. The number of carbonyl (C=O) groups is 3. The van der Waals surface area contributed by atoms with Crippen LogP contribution in [0.4, 0.5) is 5.69 Å². The van der Waals surface area contributed by atoms with E-state index in [4.69, 9.17) is 4.74 Å². The maximum atomic E-state index is 12.8. The molecule has 3 rings (SSSR count). The zero-order valence-electron chi connectivity index (χ0n) is 20.4. The number of hydrogen-bond donors (Lipinski definition) is 2. The minimum absolute atomic E-state index is 0.0653. The molecule has 0 radical (unpaired) electrons. The van der Waals surface area contributed by atoms with E-state index in [1.165, 1.54) is 18.9 Å². The third kappa shape index (κ3) is 6.69. The largest absolute Gasteiger partial charge is 0.465 e. The second kappa shape index (κ2) is 11.7. The Kier molecular flexibility index (Phi) is 8.64. The average Bonchev–Trinajstić information content (AvgIpc) is 3.20. The smallest absolute Gasteiger partial charge is 0.337 e. The van der Waals surface area contributed by atoms with Crippen LogP contribution in [0.1, 0.15) is 52.0 Å². The number of carbonyl (C=O) groups excluding carboxylic acids is 3. The lowest BCUT2D eigenvalue weighted by atomic mass is 10.0. The van der Waals surface area contributed by atoms with Gasteiger partial charge in [0, 0.05) is 18.3 Å². The molecule has 0 saturated carbocycles. The highest BCUT2D eigenvalue weighted by molar-refractivity contribution is 7.99. The van der Waals surface area contributed by atoms with E-state index in [9.17, 15) is 14.4 Å². The van der Waals surface area contributed by atoms with Crippen molar-refractivity contribution in [3.05, 3.63) is 71.0 Å². The molecule has 2 amide bonds. The fourth-order valence-electron chi connectivity index (χ4n) is 3.35. The van der Waals surface area contributed by atoms with Gasteiger partial charge in [0.2, 0.25) is 5.91 Å². The summed E-state index contributed by atoms with van der Waals surface area (Å²) in [6.45, 7) is 5.96. The highest BCUT2D eigenvalue weighted by atomic mass is 32.2. The minimum atomic E-state index is -0.476. The van der Waals surface area contributed by atoms with Gasteiger partial charge in [0.15, 0.2) is 11.0 Å². The molecule has 0 aliphatic heterocycles. The quantitative estimate of drug-likeness (QED) is 0.343. The molecular formula is C25H29N5O4S. The Morgan fingerprint density at radius 1 is 1.06 bits per heavy atom. The first-order chi connectivity index (χ1) is 16.7. The molecule has 10 heteroatoms. The van der Waals surface area contributed by atoms with Crippen LogP contribution in [-0.2, 0) is 16.6 Å². The first-order valence-corrected chi connectivity index (χ1v) is 12.1. The Labute approximate surface area is 208 Å². The predicted molar refractivity (Wildman–Crippen MR) is 134 cm³/mol. The Morgan fingerprint density at radius 2 is 1.77 bits per heavy atom. The first kappa shape index (κ1) is 26.0. The van der Waals surface area contributed by atoms with E-state index in [0.29, 0.717) is 27.8 Å². The van der Waals surface area contributed by atoms with Crippen molar-refractivity contribution in [2.24, 2.45) is 13.0 Å². The SMILES string of the molecule is COC(=O)c1cccc(NC(=O)CSc2nnc([C@H](NC(=O)c3ccc(C)cc3)C(C)C)n2C)c1. The number of ether oxygens (including phenoxy) is 1. The summed E-state index contributed by atoms with van der Waals surface area (Å²) >= 11 is 1.23. The van der Waals surface area contributed by atoms with Gasteiger partial charge in [-0.2, -0.15) is 0 Å². The van der Waals surface area contributed by atoms with Gasteiger partial charge in [0.1, 0.15) is 0 Å². The van der Waals surface area contributed by atoms with Gasteiger partial charge >= 0.3 is 5.97 Å². The topological polar surface area (TPSA) is 115 Å². The molecule has 0 saturated heterocycles. The molecule has 0 aliphatic rings. The lowest BCUT2D eigenvalue weighted by Crippen LogP contribution is -2.33. The summed E-state index contributed by atoms with van der Waals surface area (Å²) in [5.74, 6) is -0.152. The molecule has 0 spiro atoms. The number of hydrogen-bond acceptors (Lipinski definition) is 7. The Morgan fingerprint density at radius 3 is 2.43 bits per heavy atom. The highest BCUT2D eigenvalue weighted by Crippen LogP contribution is 2.25. The molecule has 9 nitrogen and oxygen atoms in total. The second-order valence-electron chi connectivity index (χ2n) is 8.37. The van der Waals surface area contributed by atoms with Crippen molar-refractivity contribution in [3.8, 4) is 0 Å². The Hall–Kier alpha value is -3.66. The van der Waals surface area contributed by atoms with E-state index in [1.807, 2.05) is 40.0 Å². The van der Waals surface area contributed by atoms with Gasteiger partial charge in [-0.1, -0.05) is 49.4 Å². The summed E-state index contributed by atoms with van der Waals surface area (Å²) in [7, 11) is 3.11. The summed E-state index contributed by atoms with van der Waals surface area (Å²) in [5, 5.41) is 14.9. The summed E-state index contributed by atoms with van der Waals surface area (Å²) < 4.78 is 6.49. The maximum absolute atomic E-state index is 12.8. The van der Waals surface area contributed by atoms with Crippen LogP contribution in [0.2, 0.25) is 0 Å². The van der Waals surface area contributed by atoms with Crippen LogP contribution in [0.3, 0.4) is 0 Å². The highest BCUT2D eigenvalue weighted by Gasteiger charge is 2.25. The Balaban J connectivity index is 1.64. The van der Waals surface area contributed by atoms with Gasteiger partial charge in [-0.05, 0) is 43.2 Å². The van der Waals surface area contributed by atoms with E-state index in [-0.39, 0.29) is 29.5 Å².